The molecular weight excluding hydrogens is 436 g/mol. The monoisotopic (exact) mass is 470 g/mol. The van der Waals surface area contributed by atoms with E-state index in [1.807, 2.05) is 0 Å². The summed E-state index contributed by atoms with van der Waals surface area (Å²) in [5.41, 5.74) is 21.5. The Morgan fingerprint density at radius 3 is 2.36 bits per heavy atom. The van der Waals surface area contributed by atoms with Crippen LogP contribution in [0.4, 0.5) is 0 Å². The highest BCUT2D eigenvalue weighted by atomic mass is 16.4. The summed E-state index contributed by atoms with van der Waals surface area (Å²) in [7, 11) is 0. The van der Waals surface area contributed by atoms with Crippen LogP contribution in [-0.4, -0.2) is 82.8 Å². The van der Waals surface area contributed by atoms with Crippen molar-refractivity contribution in [3.05, 3.63) is 0 Å². The lowest BCUT2D eigenvalue weighted by molar-refractivity contribution is -0.142. The normalized spacial score (nSPS) is 18.0. The highest BCUT2D eigenvalue weighted by Crippen LogP contribution is 2.19. The molecule has 1 aliphatic heterocycles. The molecule has 1 heterocycles. The van der Waals surface area contributed by atoms with Gasteiger partial charge in [0.25, 0.3) is 0 Å². The van der Waals surface area contributed by atoms with Gasteiger partial charge in [-0.1, -0.05) is 0 Å². The second-order valence-electron chi connectivity index (χ2n) is 7.88. The van der Waals surface area contributed by atoms with E-state index in [1.54, 1.807) is 0 Å². The number of likely N-dealkylation sites (tertiary alicyclic amines) is 1. The molecule has 1 fully saturated rings. The zero-order valence-corrected chi connectivity index (χ0v) is 18.7. The molecule has 1 saturated heterocycles. The summed E-state index contributed by atoms with van der Waals surface area (Å²) >= 11 is 0. The van der Waals surface area contributed by atoms with Crippen molar-refractivity contribution in [2.45, 2.75) is 69.6 Å². The number of guanidine groups is 1. The Hall–Kier alpha value is -3.42. The maximum Gasteiger partial charge on any atom is 0.325 e. The van der Waals surface area contributed by atoms with Crippen molar-refractivity contribution in [3.63, 3.8) is 0 Å². The first-order chi connectivity index (χ1) is 15.4. The first-order valence-electron chi connectivity index (χ1n) is 10.7. The number of carbonyl (C=O) groups excluding carboxylic acids is 4. The van der Waals surface area contributed by atoms with Gasteiger partial charge in [-0.25, -0.2) is 0 Å². The Balaban J connectivity index is 2.86. The average molecular weight is 471 g/mol. The predicted octanol–water partition coefficient (Wildman–Crippen LogP) is -3.30. The fourth-order valence-electron chi connectivity index (χ4n) is 3.35. The highest BCUT2D eigenvalue weighted by Gasteiger charge is 2.37. The van der Waals surface area contributed by atoms with Crippen molar-refractivity contribution in [2.24, 2.45) is 27.9 Å². The number of carbonyl (C=O) groups is 5. The van der Waals surface area contributed by atoms with Gasteiger partial charge in [0, 0.05) is 19.5 Å². The third kappa shape index (κ3) is 9.31. The topological polar surface area (TPSA) is 249 Å². The molecule has 4 atom stereocenters. The minimum absolute atomic E-state index is 0.0574. The van der Waals surface area contributed by atoms with Gasteiger partial charge in [-0.05, 0) is 39.0 Å². The van der Waals surface area contributed by atoms with Gasteiger partial charge < -0.3 is 43.6 Å². The number of aliphatic carboxylic acids is 1. The van der Waals surface area contributed by atoms with E-state index in [-0.39, 0.29) is 31.8 Å². The van der Waals surface area contributed by atoms with Crippen molar-refractivity contribution < 1.29 is 29.1 Å². The van der Waals surface area contributed by atoms with E-state index in [2.05, 4.69) is 15.6 Å². The van der Waals surface area contributed by atoms with Crippen molar-refractivity contribution in [2.75, 3.05) is 13.1 Å². The van der Waals surface area contributed by atoms with Gasteiger partial charge in [-0.3, -0.25) is 29.0 Å². The number of amides is 4. The van der Waals surface area contributed by atoms with E-state index in [4.69, 9.17) is 28.0 Å². The average Bonchev–Trinajstić information content (AvgIpc) is 3.22. The van der Waals surface area contributed by atoms with Crippen LogP contribution in [0, 0.1) is 0 Å². The number of nitrogens with one attached hydrogen (secondary N) is 2. The third-order valence-corrected chi connectivity index (χ3v) is 5.16. The smallest absolute Gasteiger partial charge is 0.325 e. The summed E-state index contributed by atoms with van der Waals surface area (Å²) in [6.45, 7) is 1.81. The summed E-state index contributed by atoms with van der Waals surface area (Å²) in [5, 5.41) is 14.0. The molecule has 1 rings (SSSR count). The Morgan fingerprint density at radius 1 is 1.12 bits per heavy atom. The van der Waals surface area contributed by atoms with Crippen LogP contribution >= 0.6 is 0 Å². The molecule has 14 nitrogen and oxygen atoms in total. The number of aliphatic imine (C=N–C) groups is 1. The molecule has 11 N–H and O–H groups in total. The van der Waals surface area contributed by atoms with E-state index >= 15 is 0 Å². The first-order valence-corrected chi connectivity index (χ1v) is 10.7. The van der Waals surface area contributed by atoms with Crippen LogP contribution in [0.25, 0.3) is 0 Å². The molecule has 33 heavy (non-hydrogen) atoms. The lowest BCUT2D eigenvalue weighted by atomic mass is 10.1. The van der Waals surface area contributed by atoms with Gasteiger partial charge in [-0.2, -0.15) is 0 Å². The highest BCUT2D eigenvalue weighted by molar-refractivity contribution is 5.94. The summed E-state index contributed by atoms with van der Waals surface area (Å²) in [6.07, 6.45) is 1.40. The number of primary amides is 1. The second-order valence-corrected chi connectivity index (χ2v) is 7.88. The number of hydrogen-bond acceptors (Lipinski definition) is 7. The predicted molar refractivity (Wildman–Crippen MR) is 118 cm³/mol. The van der Waals surface area contributed by atoms with E-state index in [0.29, 0.717) is 25.8 Å². The molecular formula is C19H34N8O6. The molecule has 0 spiro atoms. The van der Waals surface area contributed by atoms with Crippen molar-refractivity contribution in [1.29, 1.82) is 0 Å². The Morgan fingerprint density at radius 2 is 1.79 bits per heavy atom. The molecule has 0 radical (unpaired) electrons. The van der Waals surface area contributed by atoms with E-state index < -0.39 is 53.8 Å². The summed E-state index contributed by atoms with van der Waals surface area (Å²) in [5.74, 6) is -3.66. The van der Waals surface area contributed by atoms with Gasteiger partial charge in [0.05, 0.1) is 6.04 Å². The number of hydrogen-bond donors (Lipinski definition) is 7. The standard InChI is InChI=1S/C19H34N8O6/c1-10(18(32)33)25-15(29)12(4-2-8-24-19(22)23)26-16(30)13-5-3-9-27(13)17(31)11(20)6-7-14(21)28/h10-13H,2-9,20H2,1H3,(H2,21,28)(H,25,29)(H,26,30)(H,32,33)(H4,22,23,24). The van der Waals surface area contributed by atoms with Gasteiger partial charge in [0.1, 0.15) is 18.1 Å². The molecule has 186 valence electrons. The van der Waals surface area contributed by atoms with Crippen molar-refractivity contribution in [1.82, 2.24) is 15.5 Å². The van der Waals surface area contributed by atoms with Crippen LogP contribution in [-0.2, 0) is 24.0 Å². The number of rotatable bonds is 13. The quantitative estimate of drug-likeness (QED) is 0.0807. The van der Waals surface area contributed by atoms with Crippen LogP contribution in [0.2, 0.25) is 0 Å². The number of carboxylic acid groups (broad SMARTS) is 1. The Kier molecular flexibility index (Phi) is 11.0. The zero-order chi connectivity index (χ0) is 25.1. The molecule has 0 aromatic rings. The Labute approximate surface area is 191 Å². The molecule has 4 amide bonds. The second kappa shape index (κ2) is 13.2. The third-order valence-electron chi connectivity index (χ3n) is 5.16. The van der Waals surface area contributed by atoms with E-state index in [9.17, 15) is 24.0 Å². The molecule has 0 aromatic heterocycles. The number of carboxylic acids is 1. The molecule has 14 heteroatoms. The van der Waals surface area contributed by atoms with Crippen LogP contribution in [0.5, 0.6) is 0 Å². The first kappa shape index (κ1) is 27.6. The molecule has 0 bridgehead atoms. The molecule has 1 aliphatic rings. The Bertz CT molecular complexity index is 769. The lowest BCUT2D eigenvalue weighted by Crippen LogP contribution is -2.56. The molecule has 0 aromatic carbocycles. The van der Waals surface area contributed by atoms with Crippen LogP contribution in [0.3, 0.4) is 0 Å². The lowest BCUT2D eigenvalue weighted by Gasteiger charge is -2.28. The minimum Gasteiger partial charge on any atom is -0.480 e. The SMILES string of the molecule is CC(NC(=O)C(CCCN=C(N)N)NC(=O)C1CCCN1C(=O)C(N)CCC(N)=O)C(=O)O. The maximum atomic E-state index is 12.9. The maximum absolute atomic E-state index is 12.9. The fraction of sp³-hybridized carbons (Fsp3) is 0.684. The minimum atomic E-state index is -1.23. The summed E-state index contributed by atoms with van der Waals surface area (Å²) in [6, 6.07) is -4.06. The molecule has 0 saturated carbocycles. The molecule has 0 aliphatic carbocycles. The van der Waals surface area contributed by atoms with Crippen LogP contribution < -0.4 is 33.6 Å². The number of nitrogens with two attached hydrogens (primary N) is 4. The summed E-state index contributed by atoms with van der Waals surface area (Å²) < 4.78 is 0. The van der Waals surface area contributed by atoms with Gasteiger partial charge in [0.15, 0.2) is 5.96 Å². The van der Waals surface area contributed by atoms with Crippen molar-refractivity contribution in [3.8, 4) is 0 Å². The van der Waals surface area contributed by atoms with Gasteiger partial charge >= 0.3 is 5.97 Å². The van der Waals surface area contributed by atoms with Crippen LogP contribution in [0.15, 0.2) is 4.99 Å². The van der Waals surface area contributed by atoms with Crippen LogP contribution in [0.1, 0.15) is 45.4 Å². The van der Waals surface area contributed by atoms with Gasteiger partial charge in [-0.15, -0.1) is 0 Å². The van der Waals surface area contributed by atoms with E-state index in [1.165, 1.54) is 11.8 Å². The molecule has 4 unspecified atom stereocenters. The largest absolute Gasteiger partial charge is 0.480 e. The van der Waals surface area contributed by atoms with Gasteiger partial charge in [0.2, 0.25) is 23.6 Å². The van der Waals surface area contributed by atoms with Crippen molar-refractivity contribution >= 4 is 35.6 Å². The fourth-order valence-corrected chi connectivity index (χ4v) is 3.35. The number of nitrogens with zero attached hydrogens (tertiary/aromatic N) is 2. The zero-order valence-electron chi connectivity index (χ0n) is 18.7. The summed E-state index contributed by atoms with van der Waals surface area (Å²) in [4.78, 5) is 65.4. The van der Waals surface area contributed by atoms with E-state index in [0.717, 1.165) is 0 Å².